The van der Waals surface area contributed by atoms with E-state index in [1.165, 1.54) is 0 Å². The number of nitrogens with two attached hydrogens (primary N) is 1. The van der Waals surface area contributed by atoms with Crippen molar-refractivity contribution in [1.82, 2.24) is 0 Å². The summed E-state index contributed by atoms with van der Waals surface area (Å²) in [5.41, 5.74) is 6.46. The van der Waals surface area contributed by atoms with Crippen molar-refractivity contribution in [2.24, 2.45) is 0 Å². The molecular weight excluding hydrogens is 206 g/mol. The average Bonchev–Trinajstić information content (AvgIpc) is 2.27. The minimum Gasteiger partial charge on any atom is -0.481 e. The smallest absolute Gasteiger partial charge is 0.341 e. The normalized spacial score (nSPS) is 10.2. The van der Waals surface area contributed by atoms with Crippen molar-refractivity contribution >= 4 is 22.4 Å². The van der Waals surface area contributed by atoms with Crippen molar-refractivity contribution in [3.8, 4) is 5.75 Å². The van der Waals surface area contributed by atoms with Crippen molar-refractivity contribution in [2.45, 2.75) is 0 Å². The van der Waals surface area contributed by atoms with Crippen LogP contribution in [-0.2, 0) is 4.79 Å². The van der Waals surface area contributed by atoms with Crippen LogP contribution in [0.25, 0.3) is 10.8 Å². The molecule has 3 N–H and O–H groups in total. The lowest BCUT2D eigenvalue weighted by atomic mass is 10.1. The predicted molar refractivity (Wildman–Crippen MR) is 61.5 cm³/mol. The zero-order valence-corrected chi connectivity index (χ0v) is 8.51. The van der Waals surface area contributed by atoms with Crippen LogP contribution in [0.2, 0.25) is 0 Å². The summed E-state index contributed by atoms with van der Waals surface area (Å²) in [5.74, 6) is -0.465. The van der Waals surface area contributed by atoms with Crippen LogP contribution in [0.5, 0.6) is 5.75 Å². The number of nitrogen functional groups attached to an aromatic ring is 1. The molecule has 0 heterocycles. The molecule has 2 aromatic rings. The number of carbonyl (C=O) groups is 1. The van der Waals surface area contributed by atoms with Crippen molar-refractivity contribution in [2.75, 3.05) is 12.3 Å². The summed E-state index contributed by atoms with van der Waals surface area (Å²) in [6.45, 7) is -0.353. The Bertz CT molecular complexity index is 537. The van der Waals surface area contributed by atoms with Crippen molar-refractivity contribution in [3.63, 3.8) is 0 Å². The standard InChI is InChI=1S/C12H11NO3/c13-10-5-1-4-9-8(10)3-2-6-11(9)16-7-12(14)15/h1-6H,7,13H2,(H,14,15). The van der Waals surface area contributed by atoms with Crippen LogP contribution in [0.15, 0.2) is 36.4 Å². The molecule has 0 saturated carbocycles. The van der Waals surface area contributed by atoms with Gasteiger partial charge in [-0.2, -0.15) is 0 Å². The third-order valence-corrected chi connectivity index (χ3v) is 2.27. The molecular formula is C12H11NO3. The number of hydrogen-bond donors (Lipinski definition) is 2. The van der Waals surface area contributed by atoms with E-state index in [0.29, 0.717) is 11.4 Å². The Labute approximate surface area is 92.3 Å². The van der Waals surface area contributed by atoms with Crippen LogP contribution in [0.4, 0.5) is 5.69 Å². The predicted octanol–water partition coefficient (Wildman–Crippen LogP) is 1.89. The second kappa shape index (κ2) is 4.10. The molecule has 0 aliphatic heterocycles. The number of benzene rings is 2. The van der Waals surface area contributed by atoms with Gasteiger partial charge in [0, 0.05) is 16.5 Å². The van der Waals surface area contributed by atoms with Gasteiger partial charge in [-0.1, -0.05) is 24.3 Å². The Morgan fingerprint density at radius 1 is 1.19 bits per heavy atom. The average molecular weight is 217 g/mol. The molecule has 0 aromatic heterocycles. The molecule has 4 heteroatoms. The minimum absolute atomic E-state index is 0.353. The van der Waals surface area contributed by atoms with Gasteiger partial charge in [-0.15, -0.1) is 0 Å². The Morgan fingerprint density at radius 3 is 2.62 bits per heavy atom. The maximum absolute atomic E-state index is 10.4. The van der Waals surface area contributed by atoms with E-state index in [1.807, 2.05) is 18.2 Å². The Kier molecular flexibility index (Phi) is 2.64. The highest BCUT2D eigenvalue weighted by molar-refractivity contribution is 5.96. The Hall–Kier alpha value is -2.23. The highest BCUT2D eigenvalue weighted by Gasteiger charge is 2.05. The molecule has 16 heavy (non-hydrogen) atoms. The zero-order valence-electron chi connectivity index (χ0n) is 8.51. The fourth-order valence-corrected chi connectivity index (χ4v) is 1.57. The molecule has 0 aliphatic rings. The van der Waals surface area contributed by atoms with E-state index >= 15 is 0 Å². The lowest BCUT2D eigenvalue weighted by Gasteiger charge is -2.08. The number of rotatable bonds is 3. The molecule has 0 radical (unpaired) electrons. The first kappa shape index (κ1) is 10.3. The lowest BCUT2D eigenvalue weighted by molar-refractivity contribution is -0.139. The molecule has 4 nitrogen and oxygen atoms in total. The van der Waals surface area contributed by atoms with Gasteiger partial charge in [0.25, 0.3) is 0 Å². The molecule has 0 unspecified atom stereocenters. The van der Waals surface area contributed by atoms with Crippen molar-refractivity contribution in [1.29, 1.82) is 0 Å². The van der Waals surface area contributed by atoms with Crippen molar-refractivity contribution < 1.29 is 14.6 Å². The van der Waals surface area contributed by atoms with Gasteiger partial charge in [0.05, 0.1) is 0 Å². The van der Waals surface area contributed by atoms with Crippen LogP contribution in [0, 0.1) is 0 Å². The highest BCUT2D eigenvalue weighted by atomic mass is 16.5. The molecule has 0 saturated heterocycles. The maximum Gasteiger partial charge on any atom is 0.341 e. The number of fused-ring (bicyclic) bond motifs is 1. The molecule has 0 amide bonds. The molecule has 82 valence electrons. The number of aliphatic carboxylic acids is 1. The fraction of sp³-hybridized carbons (Fsp3) is 0.0833. The van der Waals surface area contributed by atoms with E-state index in [9.17, 15) is 4.79 Å². The Balaban J connectivity index is 2.45. The van der Waals surface area contributed by atoms with E-state index in [2.05, 4.69) is 0 Å². The van der Waals surface area contributed by atoms with Crippen LogP contribution in [-0.4, -0.2) is 17.7 Å². The number of carboxylic acid groups (broad SMARTS) is 1. The molecule has 0 fully saturated rings. The van der Waals surface area contributed by atoms with Gasteiger partial charge in [-0.25, -0.2) is 4.79 Å². The largest absolute Gasteiger partial charge is 0.481 e. The monoisotopic (exact) mass is 217 g/mol. The summed E-state index contributed by atoms with van der Waals surface area (Å²) in [6.07, 6.45) is 0. The third-order valence-electron chi connectivity index (χ3n) is 2.27. The van der Waals surface area contributed by atoms with Gasteiger partial charge in [-0.3, -0.25) is 0 Å². The molecule has 0 atom stereocenters. The summed E-state index contributed by atoms with van der Waals surface area (Å²) in [7, 11) is 0. The molecule has 0 bridgehead atoms. The van der Waals surface area contributed by atoms with Crippen LogP contribution in [0.1, 0.15) is 0 Å². The second-order valence-electron chi connectivity index (χ2n) is 3.38. The first-order valence-electron chi connectivity index (χ1n) is 4.80. The van der Waals surface area contributed by atoms with Gasteiger partial charge in [0.1, 0.15) is 5.75 Å². The number of ether oxygens (including phenoxy) is 1. The maximum atomic E-state index is 10.4. The number of anilines is 1. The summed E-state index contributed by atoms with van der Waals surface area (Å²) >= 11 is 0. The Morgan fingerprint density at radius 2 is 1.88 bits per heavy atom. The first-order chi connectivity index (χ1) is 7.68. The van der Waals surface area contributed by atoms with Gasteiger partial charge in [0.15, 0.2) is 6.61 Å². The summed E-state index contributed by atoms with van der Waals surface area (Å²) in [5, 5.41) is 10.2. The quantitative estimate of drug-likeness (QED) is 0.770. The second-order valence-corrected chi connectivity index (χ2v) is 3.38. The molecule has 2 aromatic carbocycles. The van der Waals surface area contributed by atoms with E-state index in [1.54, 1.807) is 18.2 Å². The third kappa shape index (κ3) is 1.91. The van der Waals surface area contributed by atoms with Gasteiger partial charge in [-0.05, 0) is 12.1 Å². The SMILES string of the molecule is Nc1cccc2c(OCC(=O)O)cccc12. The van der Waals surface area contributed by atoms with Crippen LogP contribution >= 0.6 is 0 Å². The number of carboxylic acids is 1. The van der Waals surface area contributed by atoms with Crippen LogP contribution < -0.4 is 10.5 Å². The summed E-state index contributed by atoms with van der Waals surface area (Å²) < 4.78 is 5.18. The van der Waals surface area contributed by atoms with Crippen LogP contribution in [0.3, 0.4) is 0 Å². The highest BCUT2D eigenvalue weighted by Crippen LogP contribution is 2.28. The summed E-state index contributed by atoms with van der Waals surface area (Å²) in [4.78, 5) is 10.4. The van der Waals surface area contributed by atoms with Gasteiger partial charge < -0.3 is 15.6 Å². The van der Waals surface area contributed by atoms with E-state index in [4.69, 9.17) is 15.6 Å². The molecule has 2 rings (SSSR count). The first-order valence-corrected chi connectivity index (χ1v) is 4.80. The van der Waals surface area contributed by atoms with Crippen molar-refractivity contribution in [3.05, 3.63) is 36.4 Å². The lowest BCUT2D eigenvalue weighted by Crippen LogP contribution is -2.09. The summed E-state index contributed by atoms with van der Waals surface area (Å²) in [6, 6.07) is 10.8. The van der Waals surface area contributed by atoms with E-state index in [-0.39, 0.29) is 6.61 Å². The minimum atomic E-state index is -0.999. The van der Waals surface area contributed by atoms with E-state index < -0.39 is 5.97 Å². The molecule has 0 aliphatic carbocycles. The fourth-order valence-electron chi connectivity index (χ4n) is 1.57. The molecule has 0 spiro atoms. The zero-order chi connectivity index (χ0) is 11.5. The van der Waals surface area contributed by atoms with E-state index in [0.717, 1.165) is 10.8 Å². The van der Waals surface area contributed by atoms with Gasteiger partial charge in [0.2, 0.25) is 0 Å². The number of hydrogen-bond acceptors (Lipinski definition) is 3. The van der Waals surface area contributed by atoms with Gasteiger partial charge >= 0.3 is 5.97 Å². The topological polar surface area (TPSA) is 72.5 Å².